The van der Waals surface area contributed by atoms with Crippen LogP contribution in [0.1, 0.15) is 30.7 Å². The van der Waals surface area contributed by atoms with E-state index in [1.165, 1.54) is 11.3 Å². The summed E-state index contributed by atoms with van der Waals surface area (Å²) in [5, 5.41) is 7.46. The summed E-state index contributed by atoms with van der Waals surface area (Å²) in [6.07, 6.45) is 0.981. The van der Waals surface area contributed by atoms with Gasteiger partial charge in [0.25, 0.3) is 5.95 Å². The molecule has 0 amide bonds. The second-order valence-corrected chi connectivity index (χ2v) is 4.80. The van der Waals surface area contributed by atoms with Crippen LogP contribution in [0.25, 0.3) is 0 Å². The standard InChI is InChI=1S/C14H18N4O/c1-3-18(2)14-16-13(19-17-14)11-8-9-15-12-7-5-4-6-10(11)12/h4-7,11,15H,3,8-9H2,1-2H3. The van der Waals surface area contributed by atoms with Gasteiger partial charge in [-0.1, -0.05) is 18.2 Å². The molecule has 1 atom stereocenters. The molecule has 1 aliphatic rings. The van der Waals surface area contributed by atoms with Gasteiger partial charge in [-0.15, -0.1) is 0 Å². The molecule has 1 aromatic heterocycles. The first-order valence-electron chi connectivity index (χ1n) is 6.67. The van der Waals surface area contributed by atoms with Gasteiger partial charge >= 0.3 is 0 Å². The Labute approximate surface area is 112 Å². The molecule has 0 saturated carbocycles. The lowest BCUT2D eigenvalue weighted by atomic mass is 9.91. The summed E-state index contributed by atoms with van der Waals surface area (Å²) in [5.41, 5.74) is 2.41. The van der Waals surface area contributed by atoms with E-state index in [1.807, 2.05) is 24.1 Å². The predicted octanol–water partition coefficient (Wildman–Crippen LogP) is 2.47. The number of anilines is 2. The summed E-state index contributed by atoms with van der Waals surface area (Å²) in [4.78, 5) is 6.50. The van der Waals surface area contributed by atoms with Crippen molar-refractivity contribution in [1.82, 2.24) is 10.1 Å². The molecule has 19 heavy (non-hydrogen) atoms. The Morgan fingerprint density at radius 1 is 1.42 bits per heavy atom. The van der Waals surface area contributed by atoms with Crippen molar-refractivity contribution in [2.24, 2.45) is 0 Å². The van der Waals surface area contributed by atoms with Crippen molar-refractivity contribution in [3.8, 4) is 0 Å². The lowest BCUT2D eigenvalue weighted by Crippen LogP contribution is -2.19. The van der Waals surface area contributed by atoms with Gasteiger partial charge in [-0.25, -0.2) is 0 Å². The number of aromatic nitrogens is 2. The topological polar surface area (TPSA) is 54.2 Å². The Kier molecular flexibility index (Phi) is 3.11. The second-order valence-electron chi connectivity index (χ2n) is 4.80. The van der Waals surface area contributed by atoms with Crippen LogP contribution in [0.2, 0.25) is 0 Å². The van der Waals surface area contributed by atoms with Gasteiger partial charge in [0.05, 0.1) is 5.92 Å². The van der Waals surface area contributed by atoms with E-state index < -0.39 is 0 Å². The highest BCUT2D eigenvalue weighted by Crippen LogP contribution is 2.35. The van der Waals surface area contributed by atoms with Gasteiger partial charge in [0.15, 0.2) is 0 Å². The Bertz CT molecular complexity index is 566. The minimum atomic E-state index is 0.198. The highest BCUT2D eigenvalue weighted by Gasteiger charge is 2.26. The van der Waals surface area contributed by atoms with E-state index in [2.05, 4.69) is 34.5 Å². The average molecular weight is 258 g/mol. The van der Waals surface area contributed by atoms with Crippen LogP contribution in [0, 0.1) is 0 Å². The third-order valence-electron chi connectivity index (χ3n) is 3.63. The highest BCUT2D eigenvalue weighted by molar-refractivity contribution is 5.56. The van der Waals surface area contributed by atoms with Gasteiger partial charge in [0.1, 0.15) is 0 Å². The number of hydrogen-bond donors (Lipinski definition) is 1. The van der Waals surface area contributed by atoms with Crippen LogP contribution in [-0.4, -0.2) is 30.3 Å². The van der Waals surface area contributed by atoms with Crippen molar-refractivity contribution in [2.75, 3.05) is 30.4 Å². The summed E-state index contributed by atoms with van der Waals surface area (Å²) in [5.74, 6) is 1.57. The summed E-state index contributed by atoms with van der Waals surface area (Å²) in [7, 11) is 1.96. The molecule has 5 nitrogen and oxygen atoms in total. The van der Waals surface area contributed by atoms with Crippen LogP contribution < -0.4 is 10.2 Å². The van der Waals surface area contributed by atoms with Crippen LogP contribution in [0.15, 0.2) is 28.8 Å². The molecule has 5 heteroatoms. The molecule has 1 aliphatic heterocycles. The Morgan fingerprint density at radius 3 is 3.11 bits per heavy atom. The summed E-state index contributed by atoms with van der Waals surface area (Å²) < 4.78 is 5.45. The monoisotopic (exact) mass is 258 g/mol. The van der Waals surface area contributed by atoms with Gasteiger partial charge in [0.2, 0.25) is 5.89 Å². The number of nitrogens with zero attached hydrogens (tertiary/aromatic N) is 3. The average Bonchev–Trinajstić information content (AvgIpc) is 2.95. The van der Waals surface area contributed by atoms with Crippen molar-refractivity contribution < 1.29 is 4.52 Å². The van der Waals surface area contributed by atoms with E-state index in [1.54, 1.807) is 0 Å². The maximum atomic E-state index is 5.45. The van der Waals surface area contributed by atoms with Gasteiger partial charge in [-0.3, -0.25) is 0 Å². The molecule has 1 unspecified atom stereocenters. The minimum absolute atomic E-state index is 0.198. The number of rotatable bonds is 3. The third-order valence-corrected chi connectivity index (χ3v) is 3.63. The first-order chi connectivity index (χ1) is 9.29. The fourth-order valence-corrected chi connectivity index (χ4v) is 2.39. The van der Waals surface area contributed by atoms with Crippen molar-refractivity contribution in [1.29, 1.82) is 0 Å². The Hall–Kier alpha value is -2.04. The van der Waals surface area contributed by atoms with Crippen molar-refractivity contribution in [3.05, 3.63) is 35.7 Å². The third kappa shape index (κ3) is 2.16. The zero-order valence-corrected chi connectivity index (χ0v) is 11.3. The fourth-order valence-electron chi connectivity index (χ4n) is 2.39. The number of para-hydroxylation sites is 1. The maximum Gasteiger partial charge on any atom is 0.265 e. The first-order valence-corrected chi connectivity index (χ1v) is 6.67. The molecule has 1 N–H and O–H groups in total. The van der Waals surface area contributed by atoms with Crippen LogP contribution in [0.3, 0.4) is 0 Å². The molecular formula is C14H18N4O. The van der Waals surface area contributed by atoms with Crippen molar-refractivity contribution in [3.63, 3.8) is 0 Å². The van der Waals surface area contributed by atoms with Crippen LogP contribution in [0.4, 0.5) is 11.6 Å². The molecule has 0 aliphatic carbocycles. The van der Waals surface area contributed by atoms with E-state index in [0.29, 0.717) is 11.8 Å². The van der Waals surface area contributed by atoms with Crippen molar-refractivity contribution in [2.45, 2.75) is 19.3 Å². The summed E-state index contributed by atoms with van der Waals surface area (Å²) in [6.45, 7) is 3.86. The molecule has 3 rings (SSSR count). The van der Waals surface area contributed by atoms with Gasteiger partial charge < -0.3 is 14.7 Å². The highest BCUT2D eigenvalue weighted by atomic mass is 16.5. The predicted molar refractivity (Wildman–Crippen MR) is 74.6 cm³/mol. The molecule has 2 heterocycles. The fraction of sp³-hybridized carbons (Fsp3) is 0.429. The van der Waals surface area contributed by atoms with Gasteiger partial charge in [-0.2, -0.15) is 4.98 Å². The van der Waals surface area contributed by atoms with Crippen LogP contribution >= 0.6 is 0 Å². The summed E-state index contributed by atoms with van der Waals surface area (Å²) in [6, 6.07) is 8.31. The minimum Gasteiger partial charge on any atom is -0.385 e. The number of nitrogens with one attached hydrogen (secondary N) is 1. The maximum absolute atomic E-state index is 5.45. The van der Waals surface area contributed by atoms with Gasteiger partial charge in [0, 0.05) is 25.8 Å². The van der Waals surface area contributed by atoms with E-state index in [4.69, 9.17) is 4.52 Å². The van der Waals surface area contributed by atoms with E-state index in [-0.39, 0.29) is 5.92 Å². The molecule has 0 fully saturated rings. The Morgan fingerprint density at radius 2 is 2.26 bits per heavy atom. The van der Waals surface area contributed by atoms with E-state index >= 15 is 0 Å². The second kappa shape index (κ2) is 4.91. The van der Waals surface area contributed by atoms with Crippen molar-refractivity contribution >= 4 is 11.6 Å². The quantitative estimate of drug-likeness (QED) is 0.916. The number of fused-ring (bicyclic) bond motifs is 1. The molecule has 1 aromatic carbocycles. The first kappa shape index (κ1) is 12.0. The SMILES string of the molecule is CCN(C)c1noc(C2CCNc3ccccc32)n1. The molecule has 0 radical (unpaired) electrons. The van der Waals surface area contributed by atoms with Crippen LogP contribution in [-0.2, 0) is 0 Å². The normalized spacial score (nSPS) is 17.7. The summed E-state index contributed by atoms with van der Waals surface area (Å²) >= 11 is 0. The molecule has 2 aromatic rings. The lowest BCUT2D eigenvalue weighted by Gasteiger charge is -2.23. The smallest absolute Gasteiger partial charge is 0.265 e. The number of hydrogen-bond acceptors (Lipinski definition) is 5. The molecule has 0 saturated heterocycles. The van der Waals surface area contributed by atoms with Gasteiger partial charge in [-0.05, 0) is 30.1 Å². The zero-order valence-electron chi connectivity index (χ0n) is 11.3. The number of benzene rings is 1. The largest absolute Gasteiger partial charge is 0.385 e. The molecule has 0 spiro atoms. The lowest BCUT2D eigenvalue weighted by molar-refractivity contribution is 0.360. The molecule has 0 bridgehead atoms. The van der Waals surface area contributed by atoms with E-state index in [9.17, 15) is 0 Å². The van der Waals surface area contributed by atoms with E-state index in [0.717, 1.165) is 19.5 Å². The zero-order chi connectivity index (χ0) is 13.2. The van der Waals surface area contributed by atoms with Crippen LogP contribution in [0.5, 0.6) is 0 Å². The molecular weight excluding hydrogens is 240 g/mol. The Balaban J connectivity index is 1.93. The molecule has 100 valence electrons.